The Kier molecular flexibility index (Phi) is 6.84. The van der Waals surface area contributed by atoms with Gasteiger partial charge in [-0.25, -0.2) is 0 Å². The molecule has 8 nitrogen and oxygen atoms in total. The van der Waals surface area contributed by atoms with E-state index in [1.807, 2.05) is 6.92 Å². The molecular weight excluding hydrogens is 410 g/mol. The van der Waals surface area contributed by atoms with E-state index in [2.05, 4.69) is 0 Å². The first kappa shape index (κ1) is 21.9. The van der Waals surface area contributed by atoms with Crippen molar-refractivity contribution >= 4 is 21.8 Å². The minimum absolute atomic E-state index is 0.0497. The third-order valence-corrected chi connectivity index (χ3v) is 6.51. The standard InChI is InChI=1S/C21H23NO7S/c1-15-2-12-20(13-3-15)30(26,27)28-14-16-4-6-17(7-5-16)21(23)29-19-10-8-18(9-11-19)22(24)25/h2-3,8-13,16-17H,4-7,14H2,1H3. The minimum atomic E-state index is -3.80. The van der Waals surface area contributed by atoms with E-state index in [0.717, 1.165) is 5.56 Å². The molecule has 0 spiro atoms. The first-order chi connectivity index (χ1) is 14.2. The average molecular weight is 433 g/mol. The van der Waals surface area contributed by atoms with E-state index >= 15 is 0 Å². The molecule has 1 aliphatic carbocycles. The Labute approximate surface area is 175 Å². The fourth-order valence-electron chi connectivity index (χ4n) is 3.36. The van der Waals surface area contributed by atoms with Crippen molar-refractivity contribution in [2.24, 2.45) is 11.8 Å². The topological polar surface area (TPSA) is 113 Å². The third-order valence-electron chi connectivity index (χ3n) is 5.21. The van der Waals surface area contributed by atoms with Crippen molar-refractivity contribution in [3.05, 3.63) is 64.2 Å². The second kappa shape index (κ2) is 9.36. The highest BCUT2D eigenvalue weighted by Crippen LogP contribution is 2.31. The molecular formula is C21H23NO7S. The Morgan fingerprint density at radius 3 is 2.20 bits per heavy atom. The van der Waals surface area contributed by atoms with Gasteiger partial charge in [0.15, 0.2) is 0 Å². The zero-order valence-electron chi connectivity index (χ0n) is 16.5. The van der Waals surface area contributed by atoms with Gasteiger partial charge >= 0.3 is 5.97 Å². The lowest BCUT2D eigenvalue weighted by Gasteiger charge is -2.26. The van der Waals surface area contributed by atoms with Gasteiger partial charge in [-0.15, -0.1) is 0 Å². The van der Waals surface area contributed by atoms with Gasteiger partial charge in [-0.05, 0) is 62.8 Å². The van der Waals surface area contributed by atoms with Crippen molar-refractivity contribution in [2.45, 2.75) is 37.5 Å². The number of nitrogens with zero attached hydrogens (tertiary/aromatic N) is 1. The number of aryl methyl sites for hydroxylation is 1. The lowest BCUT2D eigenvalue weighted by atomic mass is 9.82. The van der Waals surface area contributed by atoms with E-state index in [4.69, 9.17) is 8.92 Å². The van der Waals surface area contributed by atoms with Gasteiger partial charge in [0, 0.05) is 12.1 Å². The molecule has 0 N–H and O–H groups in total. The normalized spacial score (nSPS) is 19.2. The lowest BCUT2D eigenvalue weighted by Crippen LogP contribution is -2.27. The summed E-state index contributed by atoms with van der Waals surface area (Å²) in [5.41, 5.74) is 0.892. The molecule has 0 bridgehead atoms. The van der Waals surface area contributed by atoms with Crippen molar-refractivity contribution in [1.29, 1.82) is 0 Å². The van der Waals surface area contributed by atoms with E-state index in [-0.39, 0.29) is 40.7 Å². The molecule has 30 heavy (non-hydrogen) atoms. The number of benzene rings is 2. The van der Waals surface area contributed by atoms with Gasteiger partial charge in [0.1, 0.15) is 5.75 Å². The molecule has 0 aromatic heterocycles. The molecule has 9 heteroatoms. The zero-order chi connectivity index (χ0) is 21.7. The van der Waals surface area contributed by atoms with E-state index in [1.54, 1.807) is 12.1 Å². The van der Waals surface area contributed by atoms with Gasteiger partial charge in [-0.2, -0.15) is 8.42 Å². The van der Waals surface area contributed by atoms with E-state index in [9.17, 15) is 23.3 Å². The van der Waals surface area contributed by atoms with Gasteiger partial charge in [0.2, 0.25) is 0 Å². The molecule has 0 atom stereocenters. The average Bonchev–Trinajstić information content (AvgIpc) is 2.73. The molecule has 1 saturated carbocycles. The summed E-state index contributed by atoms with van der Waals surface area (Å²) in [4.78, 5) is 22.6. The van der Waals surface area contributed by atoms with Crippen LogP contribution in [0.2, 0.25) is 0 Å². The van der Waals surface area contributed by atoms with Crippen LogP contribution in [0.1, 0.15) is 31.2 Å². The second-order valence-electron chi connectivity index (χ2n) is 7.44. The summed E-state index contributed by atoms with van der Waals surface area (Å²) in [5.74, 6) is -0.352. The monoisotopic (exact) mass is 433 g/mol. The van der Waals surface area contributed by atoms with Crippen LogP contribution in [0.15, 0.2) is 53.4 Å². The summed E-state index contributed by atoms with van der Waals surface area (Å²) in [6, 6.07) is 11.8. The quantitative estimate of drug-likeness (QED) is 0.213. The van der Waals surface area contributed by atoms with E-state index < -0.39 is 15.0 Å². The third kappa shape index (κ3) is 5.64. The number of non-ortho nitro benzene ring substituents is 1. The molecule has 0 amide bonds. The summed E-state index contributed by atoms with van der Waals surface area (Å²) < 4.78 is 35.1. The molecule has 2 aromatic carbocycles. The van der Waals surface area contributed by atoms with Crippen LogP contribution in [0.5, 0.6) is 5.75 Å². The summed E-state index contributed by atoms with van der Waals surface area (Å²) in [5, 5.41) is 10.7. The second-order valence-corrected chi connectivity index (χ2v) is 9.06. The molecule has 1 fully saturated rings. The van der Waals surface area contributed by atoms with Crippen LogP contribution in [0.25, 0.3) is 0 Å². The predicted molar refractivity (Wildman–Crippen MR) is 108 cm³/mol. The Balaban J connectivity index is 1.46. The number of hydrogen-bond donors (Lipinski definition) is 0. The van der Waals surface area contributed by atoms with Crippen molar-refractivity contribution in [3.63, 3.8) is 0 Å². The molecule has 160 valence electrons. The lowest BCUT2D eigenvalue weighted by molar-refractivity contribution is -0.384. The molecule has 0 aliphatic heterocycles. The van der Waals surface area contributed by atoms with Crippen LogP contribution in [-0.4, -0.2) is 25.9 Å². The zero-order valence-corrected chi connectivity index (χ0v) is 17.3. The number of ether oxygens (including phenoxy) is 1. The molecule has 0 saturated heterocycles. The number of carbonyl (C=O) groups is 1. The van der Waals surface area contributed by atoms with Crippen LogP contribution in [0.3, 0.4) is 0 Å². The van der Waals surface area contributed by atoms with Crippen molar-refractivity contribution in [1.82, 2.24) is 0 Å². The van der Waals surface area contributed by atoms with Crippen molar-refractivity contribution in [2.75, 3.05) is 6.61 Å². The number of carbonyl (C=O) groups excluding carboxylic acids is 1. The first-order valence-corrected chi connectivity index (χ1v) is 11.1. The Bertz CT molecular complexity index is 993. The Morgan fingerprint density at radius 2 is 1.63 bits per heavy atom. The molecule has 3 rings (SSSR count). The highest BCUT2D eigenvalue weighted by atomic mass is 32.2. The van der Waals surface area contributed by atoms with Crippen LogP contribution < -0.4 is 4.74 Å². The highest BCUT2D eigenvalue weighted by molar-refractivity contribution is 7.86. The van der Waals surface area contributed by atoms with Crippen molar-refractivity contribution in [3.8, 4) is 5.75 Å². The van der Waals surface area contributed by atoms with Crippen molar-refractivity contribution < 1.29 is 27.1 Å². The molecule has 0 radical (unpaired) electrons. The van der Waals surface area contributed by atoms with Crippen LogP contribution in [0.4, 0.5) is 5.69 Å². The Morgan fingerprint density at radius 1 is 1.03 bits per heavy atom. The molecule has 0 unspecified atom stereocenters. The Hall–Kier alpha value is -2.78. The maximum absolute atomic E-state index is 12.3. The highest BCUT2D eigenvalue weighted by Gasteiger charge is 2.29. The summed E-state index contributed by atoms with van der Waals surface area (Å²) in [7, 11) is -3.80. The SMILES string of the molecule is Cc1ccc(S(=O)(=O)OCC2CCC(C(=O)Oc3ccc([N+](=O)[O-])cc3)CC2)cc1. The molecule has 2 aromatic rings. The van der Waals surface area contributed by atoms with Crippen LogP contribution in [-0.2, 0) is 19.1 Å². The van der Waals surface area contributed by atoms with Gasteiger partial charge in [0.05, 0.1) is 22.3 Å². The summed E-state index contributed by atoms with van der Waals surface area (Å²) in [6.45, 7) is 1.96. The van der Waals surface area contributed by atoms with Crippen LogP contribution >= 0.6 is 0 Å². The number of rotatable bonds is 7. The van der Waals surface area contributed by atoms with Gasteiger partial charge in [-0.1, -0.05) is 17.7 Å². The smallest absolute Gasteiger partial charge is 0.314 e. The summed E-state index contributed by atoms with van der Waals surface area (Å²) >= 11 is 0. The largest absolute Gasteiger partial charge is 0.426 e. The minimum Gasteiger partial charge on any atom is -0.426 e. The fraction of sp³-hybridized carbons (Fsp3) is 0.381. The van der Waals surface area contributed by atoms with E-state index in [1.165, 1.54) is 36.4 Å². The van der Waals surface area contributed by atoms with Gasteiger partial charge < -0.3 is 4.74 Å². The maximum Gasteiger partial charge on any atom is 0.314 e. The van der Waals surface area contributed by atoms with Crippen LogP contribution in [0, 0.1) is 28.9 Å². The summed E-state index contributed by atoms with van der Waals surface area (Å²) in [6.07, 6.45) is 2.46. The van der Waals surface area contributed by atoms with Gasteiger partial charge in [0.25, 0.3) is 15.8 Å². The van der Waals surface area contributed by atoms with E-state index in [0.29, 0.717) is 25.7 Å². The number of esters is 1. The first-order valence-electron chi connectivity index (χ1n) is 9.67. The number of nitro groups is 1. The van der Waals surface area contributed by atoms with Gasteiger partial charge in [-0.3, -0.25) is 19.1 Å². The number of hydrogen-bond acceptors (Lipinski definition) is 7. The predicted octanol–water partition coefficient (Wildman–Crippen LogP) is 4.02. The maximum atomic E-state index is 12.3. The number of nitro benzene ring substituents is 1. The molecule has 1 aliphatic rings. The fourth-order valence-corrected chi connectivity index (χ4v) is 4.34. The molecule has 0 heterocycles.